The lowest BCUT2D eigenvalue weighted by Crippen LogP contribution is -2.26. The Labute approximate surface area is 201 Å². The number of aromatic nitrogens is 1. The lowest BCUT2D eigenvalue weighted by Gasteiger charge is -2.33. The molecule has 4 rings (SSSR count). The number of hydrogen-bond donors (Lipinski definition) is 1. The fourth-order valence-corrected chi connectivity index (χ4v) is 6.38. The van der Waals surface area contributed by atoms with Crippen LogP contribution < -0.4 is 4.90 Å². The first-order valence-electron chi connectivity index (χ1n) is 11.5. The molecule has 0 spiro atoms. The van der Waals surface area contributed by atoms with Crippen LogP contribution in [0.2, 0.25) is 0 Å². The number of anilines is 2. The van der Waals surface area contributed by atoms with Gasteiger partial charge in [-0.15, -0.1) is 0 Å². The van der Waals surface area contributed by atoms with Crippen LogP contribution in [0.5, 0.6) is 0 Å². The molecule has 174 valence electrons. The first-order valence-corrected chi connectivity index (χ1v) is 13.8. The maximum absolute atomic E-state index is 12.6. The van der Waals surface area contributed by atoms with Crippen molar-refractivity contribution in [2.24, 2.45) is 0 Å². The van der Waals surface area contributed by atoms with Crippen molar-refractivity contribution in [3.63, 3.8) is 0 Å². The minimum atomic E-state index is -4.34. The van der Waals surface area contributed by atoms with Gasteiger partial charge in [0.2, 0.25) is 0 Å². The molecule has 2 heterocycles. The highest BCUT2D eigenvalue weighted by Crippen LogP contribution is 2.48. The van der Waals surface area contributed by atoms with E-state index in [2.05, 4.69) is 43.0 Å². The number of fused-ring (bicyclic) bond motifs is 2. The van der Waals surface area contributed by atoms with Gasteiger partial charge in [-0.25, -0.2) is 0 Å². The molecule has 33 heavy (non-hydrogen) atoms. The highest BCUT2D eigenvalue weighted by atomic mass is 32.2. The second kappa shape index (κ2) is 10.3. The smallest absolute Gasteiger partial charge is 0.273 e. The van der Waals surface area contributed by atoms with Gasteiger partial charge in [0.15, 0.2) is 0 Å². The van der Waals surface area contributed by atoms with E-state index in [1.807, 2.05) is 36.4 Å². The van der Waals surface area contributed by atoms with E-state index in [9.17, 15) is 13.0 Å². The summed E-state index contributed by atoms with van der Waals surface area (Å²) in [7, 11) is -4.34. The summed E-state index contributed by atoms with van der Waals surface area (Å²) in [6.45, 7) is 4.58. The number of rotatable bonds is 9. The Morgan fingerprint density at radius 2 is 1.52 bits per heavy atom. The van der Waals surface area contributed by atoms with Crippen LogP contribution >= 0.6 is 11.8 Å². The first-order chi connectivity index (χ1) is 15.9. The molecular formula is C26H30N2O3S2. The number of nitrogens with zero attached hydrogens (tertiary/aromatic N) is 2. The van der Waals surface area contributed by atoms with E-state index < -0.39 is 15.4 Å². The summed E-state index contributed by atoms with van der Waals surface area (Å²) in [5, 5.41) is -1.07. The number of benzene rings is 2. The van der Waals surface area contributed by atoms with Crippen molar-refractivity contribution in [1.82, 2.24) is 4.98 Å². The van der Waals surface area contributed by atoms with Gasteiger partial charge in [0.25, 0.3) is 10.1 Å². The summed E-state index contributed by atoms with van der Waals surface area (Å²) >= 11 is 1.72. The molecule has 7 heteroatoms. The molecule has 1 aromatic heterocycles. The summed E-state index contributed by atoms with van der Waals surface area (Å²) in [6.07, 6.45) is 3.55. The van der Waals surface area contributed by atoms with E-state index in [0.717, 1.165) is 58.1 Å². The molecule has 5 nitrogen and oxygen atoms in total. The first kappa shape index (κ1) is 23.8. The van der Waals surface area contributed by atoms with Gasteiger partial charge in [0.1, 0.15) is 5.25 Å². The van der Waals surface area contributed by atoms with Crippen LogP contribution in [0.3, 0.4) is 0 Å². The molecule has 1 aliphatic rings. The maximum atomic E-state index is 12.6. The summed E-state index contributed by atoms with van der Waals surface area (Å²) < 4.78 is 35.5. The molecule has 2 aromatic carbocycles. The van der Waals surface area contributed by atoms with Crippen LogP contribution in [-0.4, -0.2) is 24.5 Å². The van der Waals surface area contributed by atoms with E-state index in [1.54, 1.807) is 11.8 Å². The highest BCUT2D eigenvalue weighted by Gasteiger charge is 2.31. The normalized spacial score (nSPS) is 14.0. The van der Waals surface area contributed by atoms with E-state index in [0.29, 0.717) is 12.2 Å². The van der Waals surface area contributed by atoms with Crippen molar-refractivity contribution in [3.8, 4) is 0 Å². The third kappa shape index (κ3) is 5.26. The Balaban J connectivity index is 1.71. The molecule has 0 bridgehead atoms. The van der Waals surface area contributed by atoms with Gasteiger partial charge in [-0.3, -0.25) is 9.54 Å². The lowest BCUT2D eigenvalue weighted by molar-refractivity contribution is 0.462. The molecule has 0 aliphatic carbocycles. The molecular weight excluding hydrogens is 452 g/mol. The average Bonchev–Trinajstić information content (AvgIpc) is 2.79. The van der Waals surface area contributed by atoms with Gasteiger partial charge in [-0.05, 0) is 55.2 Å². The fraction of sp³-hybridized carbons (Fsp3) is 0.346. The summed E-state index contributed by atoms with van der Waals surface area (Å²) in [5.41, 5.74) is 4.37. The van der Waals surface area contributed by atoms with Crippen molar-refractivity contribution >= 4 is 33.3 Å². The Hall–Kier alpha value is -2.35. The average molecular weight is 483 g/mol. The summed E-state index contributed by atoms with van der Waals surface area (Å²) in [4.78, 5) is 9.17. The van der Waals surface area contributed by atoms with Crippen molar-refractivity contribution in [3.05, 3.63) is 77.6 Å². The molecule has 0 radical (unpaired) electrons. The van der Waals surface area contributed by atoms with Crippen molar-refractivity contribution in [2.45, 2.75) is 61.0 Å². The molecule has 0 saturated heterocycles. The van der Waals surface area contributed by atoms with Crippen LogP contribution in [0.4, 0.5) is 11.4 Å². The molecule has 1 atom stereocenters. The molecule has 0 fully saturated rings. The zero-order valence-electron chi connectivity index (χ0n) is 19.1. The molecule has 0 saturated carbocycles. The van der Waals surface area contributed by atoms with Gasteiger partial charge >= 0.3 is 0 Å². The van der Waals surface area contributed by atoms with Gasteiger partial charge in [-0.1, -0.05) is 68.8 Å². The van der Waals surface area contributed by atoms with E-state index in [-0.39, 0.29) is 6.42 Å². The van der Waals surface area contributed by atoms with Crippen LogP contribution in [-0.2, 0) is 23.0 Å². The third-order valence-corrected chi connectivity index (χ3v) is 8.22. The summed E-state index contributed by atoms with van der Waals surface area (Å²) in [6, 6.07) is 20.3. The van der Waals surface area contributed by atoms with Crippen molar-refractivity contribution in [1.29, 1.82) is 0 Å². The van der Waals surface area contributed by atoms with Gasteiger partial charge in [0.05, 0.1) is 17.1 Å². The SMILES string of the molecule is CCCc1ccc(CCC)c(C(CCN2c3ccccc3Sc3ccccc32)S(=O)(=O)O)n1. The molecule has 1 N–H and O–H groups in total. The largest absolute Gasteiger partial charge is 0.340 e. The second-order valence-electron chi connectivity index (χ2n) is 8.33. The maximum Gasteiger partial charge on any atom is 0.273 e. The van der Waals surface area contributed by atoms with E-state index in [4.69, 9.17) is 4.98 Å². The van der Waals surface area contributed by atoms with Gasteiger partial charge in [-0.2, -0.15) is 8.42 Å². The Bertz CT molecular complexity index is 1180. The standard InChI is InChI=1S/C26H30N2O3S2/c1-3-9-19-15-16-20(10-4-2)27-26(19)25(33(29,30)31)17-18-28-21-11-5-7-13-23(21)32-24-14-8-6-12-22(24)28/h5-8,11-16,25H,3-4,9-10,17-18H2,1-2H3,(H,29,30,31). The van der Waals surface area contributed by atoms with Gasteiger partial charge < -0.3 is 4.90 Å². The van der Waals surface area contributed by atoms with Crippen molar-refractivity contribution < 1.29 is 13.0 Å². The fourth-order valence-electron chi connectivity index (χ4n) is 4.40. The number of aryl methyl sites for hydroxylation is 2. The molecule has 1 aliphatic heterocycles. The second-order valence-corrected chi connectivity index (χ2v) is 11.0. The molecule has 3 aromatic rings. The summed E-state index contributed by atoms with van der Waals surface area (Å²) in [5.74, 6) is 0. The predicted molar refractivity (Wildman–Crippen MR) is 135 cm³/mol. The Morgan fingerprint density at radius 3 is 2.09 bits per heavy atom. The number of pyridine rings is 1. The van der Waals surface area contributed by atoms with Gasteiger partial charge in [0, 0.05) is 22.0 Å². The lowest BCUT2D eigenvalue weighted by atomic mass is 10.0. The quantitative estimate of drug-likeness (QED) is 0.346. The monoisotopic (exact) mass is 482 g/mol. The molecule has 0 amide bonds. The predicted octanol–water partition coefficient (Wildman–Crippen LogP) is 6.61. The van der Waals surface area contributed by atoms with Crippen LogP contribution in [0, 0.1) is 0 Å². The zero-order chi connectivity index (χ0) is 23.4. The third-order valence-electron chi connectivity index (χ3n) is 5.91. The minimum Gasteiger partial charge on any atom is -0.340 e. The Morgan fingerprint density at radius 1 is 0.909 bits per heavy atom. The van der Waals surface area contributed by atoms with Crippen LogP contribution in [0.25, 0.3) is 0 Å². The number of para-hydroxylation sites is 2. The molecule has 1 unspecified atom stereocenters. The highest BCUT2D eigenvalue weighted by molar-refractivity contribution is 7.99. The van der Waals surface area contributed by atoms with Crippen LogP contribution in [0.1, 0.15) is 55.3 Å². The Kier molecular flexibility index (Phi) is 7.41. The zero-order valence-corrected chi connectivity index (χ0v) is 20.7. The number of hydrogen-bond acceptors (Lipinski definition) is 5. The minimum absolute atomic E-state index is 0.242. The topological polar surface area (TPSA) is 70.5 Å². The van der Waals surface area contributed by atoms with Crippen molar-refractivity contribution in [2.75, 3.05) is 11.4 Å². The van der Waals surface area contributed by atoms with E-state index >= 15 is 0 Å². The van der Waals surface area contributed by atoms with E-state index in [1.165, 1.54) is 0 Å². The van der Waals surface area contributed by atoms with Crippen LogP contribution in [0.15, 0.2) is 70.5 Å².